The molecule has 2 fully saturated rings. The van der Waals surface area contributed by atoms with Crippen LogP contribution >= 0.6 is 0 Å². The third-order valence-electron chi connectivity index (χ3n) is 8.32. The van der Waals surface area contributed by atoms with Crippen LogP contribution in [0, 0.1) is 17.2 Å². The summed E-state index contributed by atoms with van der Waals surface area (Å²) < 4.78 is 6.60. The molecule has 2 amide bonds. The average Bonchev–Trinajstić information content (AvgIpc) is 3.05. The highest BCUT2D eigenvalue weighted by molar-refractivity contribution is 5.94. The van der Waals surface area contributed by atoms with Crippen molar-refractivity contribution in [3.8, 4) is 22.9 Å². The van der Waals surface area contributed by atoms with Gasteiger partial charge < -0.3 is 19.9 Å². The van der Waals surface area contributed by atoms with Crippen molar-refractivity contribution in [2.24, 2.45) is 5.92 Å². The van der Waals surface area contributed by atoms with Crippen LogP contribution in [0.25, 0.3) is 17.2 Å². The van der Waals surface area contributed by atoms with Gasteiger partial charge in [0.05, 0.1) is 17.2 Å². The van der Waals surface area contributed by atoms with Crippen LogP contribution in [0.5, 0.6) is 5.75 Å². The minimum atomic E-state index is -0.0452. The number of piperidine rings is 2. The lowest BCUT2D eigenvalue weighted by Gasteiger charge is -2.37. The van der Waals surface area contributed by atoms with Gasteiger partial charge >= 0.3 is 0 Å². The summed E-state index contributed by atoms with van der Waals surface area (Å²) in [6, 6.07) is 17.6. The number of nitrogens with one attached hydrogen (secondary N) is 1. The Morgan fingerprint density at radius 2 is 1.76 bits per heavy atom. The molecule has 2 saturated heterocycles. The monoisotopic (exact) mass is 547 g/mol. The van der Waals surface area contributed by atoms with E-state index >= 15 is 0 Å². The van der Waals surface area contributed by atoms with Gasteiger partial charge in [0.1, 0.15) is 11.9 Å². The zero-order valence-corrected chi connectivity index (χ0v) is 23.0. The Kier molecular flexibility index (Phi) is 7.68. The molecule has 8 heteroatoms. The highest BCUT2D eigenvalue weighted by atomic mass is 16.5. The van der Waals surface area contributed by atoms with Crippen molar-refractivity contribution in [2.75, 3.05) is 26.2 Å². The average molecular weight is 548 g/mol. The van der Waals surface area contributed by atoms with Gasteiger partial charge in [0.15, 0.2) is 0 Å². The number of benzene rings is 2. The molecule has 4 heterocycles. The molecule has 0 atom stereocenters. The molecule has 0 bridgehead atoms. The standard InChI is InChI=1S/C33H33N5O3/c34-20-23-3-1-4-25(17-23)28-18-26-6-12-36-22-30(26)31(19-28)41-29-9-15-38(16-10-29)32(39)24-7-13-37(14-8-24)33(40)27-5-2-11-35-21-27/h1-6,11-12,17-19,21,24,29,36H,7-10,13-16,22H2. The van der Waals surface area contributed by atoms with E-state index in [0.717, 1.165) is 40.8 Å². The van der Waals surface area contributed by atoms with Gasteiger partial charge in [-0.05, 0) is 78.2 Å². The van der Waals surface area contributed by atoms with E-state index in [1.54, 1.807) is 24.5 Å². The van der Waals surface area contributed by atoms with Crippen LogP contribution in [0.2, 0.25) is 0 Å². The fourth-order valence-electron chi connectivity index (χ4n) is 5.99. The van der Waals surface area contributed by atoms with Gasteiger partial charge in [0.2, 0.25) is 5.91 Å². The van der Waals surface area contributed by atoms with Gasteiger partial charge in [-0.15, -0.1) is 0 Å². The number of carbonyl (C=O) groups excluding carboxylic acids is 2. The molecule has 208 valence electrons. The third-order valence-corrected chi connectivity index (χ3v) is 8.32. The largest absolute Gasteiger partial charge is 0.490 e. The highest BCUT2D eigenvalue weighted by Gasteiger charge is 2.33. The van der Waals surface area contributed by atoms with Gasteiger partial charge in [-0.2, -0.15) is 5.26 Å². The van der Waals surface area contributed by atoms with E-state index < -0.39 is 0 Å². The Morgan fingerprint density at radius 1 is 0.951 bits per heavy atom. The minimum Gasteiger partial charge on any atom is -0.490 e. The summed E-state index contributed by atoms with van der Waals surface area (Å²) >= 11 is 0. The Morgan fingerprint density at radius 3 is 2.51 bits per heavy atom. The molecule has 0 saturated carbocycles. The summed E-state index contributed by atoms with van der Waals surface area (Å²) in [7, 11) is 0. The highest BCUT2D eigenvalue weighted by Crippen LogP contribution is 2.35. The summed E-state index contributed by atoms with van der Waals surface area (Å²) in [6.45, 7) is 3.21. The van der Waals surface area contributed by atoms with Crippen molar-refractivity contribution < 1.29 is 14.3 Å². The second-order valence-corrected chi connectivity index (χ2v) is 10.9. The van der Waals surface area contributed by atoms with Crippen LogP contribution < -0.4 is 10.1 Å². The van der Waals surface area contributed by atoms with E-state index in [0.29, 0.717) is 56.7 Å². The van der Waals surface area contributed by atoms with E-state index in [9.17, 15) is 14.9 Å². The van der Waals surface area contributed by atoms with E-state index in [4.69, 9.17) is 4.74 Å². The molecular formula is C33H33N5O3. The lowest BCUT2D eigenvalue weighted by atomic mass is 9.93. The summed E-state index contributed by atoms with van der Waals surface area (Å²) in [6.07, 6.45) is 10.2. The molecule has 8 nitrogen and oxygen atoms in total. The van der Waals surface area contributed by atoms with Crippen molar-refractivity contribution in [1.82, 2.24) is 20.1 Å². The van der Waals surface area contributed by atoms with Gasteiger partial charge in [-0.1, -0.05) is 12.1 Å². The summed E-state index contributed by atoms with van der Waals surface area (Å²) in [5.41, 5.74) is 5.45. The zero-order chi connectivity index (χ0) is 28.2. The van der Waals surface area contributed by atoms with Gasteiger partial charge in [0, 0.05) is 69.4 Å². The molecule has 3 aromatic rings. The molecule has 0 spiro atoms. The number of carbonyl (C=O) groups is 2. The van der Waals surface area contributed by atoms with Gasteiger partial charge in [0.25, 0.3) is 5.91 Å². The first kappa shape index (κ1) is 26.6. The molecule has 1 N–H and O–H groups in total. The predicted molar refractivity (Wildman–Crippen MR) is 156 cm³/mol. The van der Waals surface area contributed by atoms with Crippen LogP contribution in [-0.4, -0.2) is 58.9 Å². The fraction of sp³-hybridized carbons (Fsp3) is 0.333. The number of rotatable bonds is 5. The number of aromatic nitrogens is 1. The Balaban J connectivity index is 1.07. The number of hydrogen-bond acceptors (Lipinski definition) is 6. The van der Waals surface area contributed by atoms with Crippen LogP contribution in [0.4, 0.5) is 0 Å². The molecule has 41 heavy (non-hydrogen) atoms. The fourth-order valence-corrected chi connectivity index (χ4v) is 5.99. The Labute approximate surface area is 240 Å². The maximum Gasteiger partial charge on any atom is 0.255 e. The second kappa shape index (κ2) is 11.8. The smallest absolute Gasteiger partial charge is 0.255 e. The molecule has 3 aliphatic rings. The van der Waals surface area contributed by atoms with Gasteiger partial charge in [-0.3, -0.25) is 14.6 Å². The molecule has 0 unspecified atom stereocenters. The number of likely N-dealkylation sites (tertiary alicyclic amines) is 2. The first-order valence-electron chi connectivity index (χ1n) is 14.3. The summed E-state index contributed by atoms with van der Waals surface area (Å²) in [5.74, 6) is 0.989. The molecule has 0 aliphatic carbocycles. The molecule has 1 aromatic heterocycles. The topological polar surface area (TPSA) is 98.6 Å². The first-order valence-corrected chi connectivity index (χ1v) is 14.3. The molecular weight excluding hydrogens is 514 g/mol. The van der Waals surface area contributed by atoms with E-state index in [1.165, 1.54) is 0 Å². The maximum absolute atomic E-state index is 13.3. The molecule has 0 radical (unpaired) electrons. The van der Waals surface area contributed by atoms with Crippen molar-refractivity contribution in [3.63, 3.8) is 0 Å². The lowest BCUT2D eigenvalue weighted by molar-refractivity contribution is -0.138. The zero-order valence-electron chi connectivity index (χ0n) is 23.0. The summed E-state index contributed by atoms with van der Waals surface area (Å²) in [4.78, 5) is 33.9. The molecule has 3 aliphatic heterocycles. The van der Waals surface area contributed by atoms with Crippen molar-refractivity contribution in [1.29, 1.82) is 5.26 Å². The number of pyridine rings is 1. The molecule has 2 aromatic carbocycles. The van der Waals surface area contributed by atoms with Gasteiger partial charge in [-0.25, -0.2) is 0 Å². The number of amides is 2. The van der Waals surface area contributed by atoms with E-state index in [1.807, 2.05) is 40.3 Å². The second-order valence-electron chi connectivity index (χ2n) is 10.9. The van der Waals surface area contributed by atoms with Crippen molar-refractivity contribution in [2.45, 2.75) is 38.3 Å². The predicted octanol–water partition coefficient (Wildman–Crippen LogP) is 4.62. The number of hydrogen-bond donors (Lipinski definition) is 1. The SMILES string of the molecule is N#Cc1cccc(-c2cc3c(c(OC4CCN(C(=O)C5CCN(C(=O)c6cccnc6)CC5)CC4)c2)CNC=C3)c1. The minimum absolute atomic E-state index is 0.0170. The number of nitrogens with zero attached hydrogens (tertiary/aromatic N) is 4. The van der Waals surface area contributed by atoms with Crippen molar-refractivity contribution in [3.05, 3.63) is 89.4 Å². The Hall–Kier alpha value is -4.64. The number of ether oxygens (including phenoxy) is 1. The normalized spacial score (nSPS) is 17.3. The maximum atomic E-state index is 13.3. The van der Waals surface area contributed by atoms with E-state index in [2.05, 4.69) is 34.6 Å². The quantitative estimate of drug-likeness (QED) is 0.501. The third kappa shape index (κ3) is 5.80. The van der Waals surface area contributed by atoms with E-state index in [-0.39, 0.29) is 23.8 Å². The van der Waals surface area contributed by atoms with Crippen molar-refractivity contribution >= 4 is 17.9 Å². The number of fused-ring (bicyclic) bond motifs is 1. The van der Waals surface area contributed by atoms with Crippen LogP contribution in [-0.2, 0) is 11.3 Å². The van der Waals surface area contributed by atoms with Crippen LogP contribution in [0.1, 0.15) is 52.7 Å². The van der Waals surface area contributed by atoms with Crippen LogP contribution in [0.15, 0.2) is 67.1 Å². The number of nitriles is 1. The first-order chi connectivity index (χ1) is 20.1. The van der Waals surface area contributed by atoms with Crippen LogP contribution in [0.3, 0.4) is 0 Å². The molecule has 6 rings (SSSR count). The Bertz CT molecular complexity index is 1500. The lowest BCUT2D eigenvalue weighted by Crippen LogP contribution is -2.47. The summed E-state index contributed by atoms with van der Waals surface area (Å²) in [5, 5.41) is 12.6.